The SMILES string of the molecule is Cc1ccc(CNC(=O)C(C)C)cc1C(=O)O. The average molecular weight is 235 g/mol. The number of hydrogen-bond donors (Lipinski definition) is 2. The Morgan fingerprint density at radius 1 is 1.35 bits per heavy atom. The van der Waals surface area contributed by atoms with Gasteiger partial charge in [0.15, 0.2) is 0 Å². The Balaban J connectivity index is 2.76. The first kappa shape index (κ1) is 13.2. The predicted molar refractivity (Wildman–Crippen MR) is 64.8 cm³/mol. The van der Waals surface area contributed by atoms with Gasteiger partial charge in [0.05, 0.1) is 5.56 Å². The highest BCUT2D eigenvalue weighted by atomic mass is 16.4. The molecule has 1 aromatic carbocycles. The summed E-state index contributed by atoms with van der Waals surface area (Å²) >= 11 is 0. The fourth-order valence-corrected chi connectivity index (χ4v) is 1.40. The molecule has 0 spiro atoms. The van der Waals surface area contributed by atoms with Gasteiger partial charge in [-0.1, -0.05) is 26.0 Å². The summed E-state index contributed by atoms with van der Waals surface area (Å²) in [4.78, 5) is 22.3. The van der Waals surface area contributed by atoms with Crippen LogP contribution in [0.2, 0.25) is 0 Å². The minimum atomic E-state index is -0.945. The molecule has 0 aromatic heterocycles. The summed E-state index contributed by atoms with van der Waals surface area (Å²) in [7, 11) is 0. The van der Waals surface area contributed by atoms with E-state index in [1.54, 1.807) is 19.1 Å². The van der Waals surface area contributed by atoms with Gasteiger partial charge in [-0.2, -0.15) is 0 Å². The molecule has 0 atom stereocenters. The van der Waals surface area contributed by atoms with Crippen LogP contribution in [0.1, 0.15) is 35.3 Å². The standard InChI is InChI=1S/C13H17NO3/c1-8(2)12(15)14-7-10-5-4-9(3)11(6-10)13(16)17/h4-6,8H,7H2,1-3H3,(H,14,15)(H,16,17). The van der Waals surface area contributed by atoms with Crippen LogP contribution < -0.4 is 5.32 Å². The molecule has 2 N–H and O–H groups in total. The first-order valence-corrected chi connectivity index (χ1v) is 5.52. The summed E-state index contributed by atoms with van der Waals surface area (Å²) in [5, 5.41) is 11.7. The Morgan fingerprint density at radius 2 is 2.00 bits per heavy atom. The number of hydrogen-bond acceptors (Lipinski definition) is 2. The molecule has 0 aliphatic carbocycles. The van der Waals surface area contributed by atoms with E-state index < -0.39 is 5.97 Å². The summed E-state index contributed by atoms with van der Waals surface area (Å²) in [5.74, 6) is -1.05. The highest BCUT2D eigenvalue weighted by Crippen LogP contribution is 2.11. The minimum absolute atomic E-state index is 0.0394. The van der Waals surface area contributed by atoms with Crippen molar-refractivity contribution < 1.29 is 14.7 Å². The summed E-state index contributed by atoms with van der Waals surface area (Å²) in [6.45, 7) is 5.73. The van der Waals surface area contributed by atoms with Crippen molar-refractivity contribution in [3.8, 4) is 0 Å². The van der Waals surface area contributed by atoms with E-state index in [9.17, 15) is 9.59 Å². The van der Waals surface area contributed by atoms with Crippen LogP contribution in [0.15, 0.2) is 18.2 Å². The largest absolute Gasteiger partial charge is 0.478 e. The van der Waals surface area contributed by atoms with Crippen LogP contribution in [0, 0.1) is 12.8 Å². The summed E-state index contributed by atoms with van der Waals surface area (Å²) < 4.78 is 0. The van der Waals surface area contributed by atoms with Crippen molar-refractivity contribution >= 4 is 11.9 Å². The quantitative estimate of drug-likeness (QED) is 0.838. The van der Waals surface area contributed by atoms with Crippen molar-refractivity contribution in [3.63, 3.8) is 0 Å². The van der Waals surface area contributed by atoms with E-state index in [1.165, 1.54) is 0 Å². The number of nitrogens with one attached hydrogen (secondary N) is 1. The Bertz CT molecular complexity index is 438. The van der Waals surface area contributed by atoms with Gasteiger partial charge in [-0.25, -0.2) is 4.79 Å². The van der Waals surface area contributed by atoms with E-state index in [4.69, 9.17) is 5.11 Å². The van der Waals surface area contributed by atoms with Gasteiger partial charge in [-0.15, -0.1) is 0 Å². The lowest BCUT2D eigenvalue weighted by atomic mass is 10.0. The first-order chi connectivity index (χ1) is 7.91. The molecule has 0 heterocycles. The summed E-state index contributed by atoms with van der Waals surface area (Å²) in [6, 6.07) is 5.17. The normalized spacial score (nSPS) is 10.4. The zero-order valence-electron chi connectivity index (χ0n) is 10.3. The number of carbonyl (C=O) groups excluding carboxylic acids is 1. The monoisotopic (exact) mass is 235 g/mol. The maximum atomic E-state index is 11.4. The van der Waals surface area contributed by atoms with Crippen LogP contribution in [-0.2, 0) is 11.3 Å². The molecule has 0 unspecified atom stereocenters. The number of carboxylic acids is 1. The van der Waals surface area contributed by atoms with Crippen LogP contribution in [0.3, 0.4) is 0 Å². The molecule has 4 nitrogen and oxygen atoms in total. The lowest BCUT2D eigenvalue weighted by Gasteiger charge is -2.09. The van der Waals surface area contributed by atoms with Crippen LogP contribution in [0.5, 0.6) is 0 Å². The molecule has 4 heteroatoms. The van der Waals surface area contributed by atoms with Gasteiger partial charge in [-0.05, 0) is 24.1 Å². The smallest absolute Gasteiger partial charge is 0.335 e. The number of carbonyl (C=O) groups is 2. The fraction of sp³-hybridized carbons (Fsp3) is 0.385. The van der Waals surface area contributed by atoms with Crippen molar-refractivity contribution in [1.82, 2.24) is 5.32 Å². The topological polar surface area (TPSA) is 66.4 Å². The molecular weight excluding hydrogens is 218 g/mol. The van der Waals surface area contributed by atoms with Crippen LogP contribution >= 0.6 is 0 Å². The van der Waals surface area contributed by atoms with E-state index in [0.717, 1.165) is 11.1 Å². The second-order valence-corrected chi connectivity index (χ2v) is 4.33. The molecule has 0 bridgehead atoms. The van der Waals surface area contributed by atoms with Crippen molar-refractivity contribution in [2.75, 3.05) is 0 Å². The lowest BCUT2D eigenvalue weighted by Crippen LogP contribution is -2.27. The summed E-state index contributed by atoms with van der Waals surface area (Å²) in [5.41, 5.74) is 1.79. The van der Waals surface area contributed by atoms with E-state index in [-0.39, 0.29) is 17.4 Å². The van der Waals surface area contributed by atoms with Crippen molar-refractivity contribution in [3.05, 3.63) is 34.9 Å². The molecule has 1 amide bonds. The van der Waals surface area contributed by atoms with E-state index in [1.807, 2.05) is 19.9 Å². The number of carboxylic acid groups (broad SMARTS) is 1. The second-order valence-electron chi connectivity index (χ2n) is 4.33. The van der Waals surface area contributed by atoms with Crippen LogP contribution in [0.4, 0.5) is 0 Å². The molecule has 92 valence electrons. The van der Waals surface area contributed by atoms with Gasteiger partial charge >= 0.3 is 5.97 Å². The second kappa shape index (κ2) is 5.48. The van der Waals surface area contributed by atoms with Gasteiger partial charge in [0.1, 0.15) is 0 Å². The van der Waals surface area contributed by atoms with Crippen molar-refractivity contribution in [2.24, 2.45) is 5.92 Å². The summed E-state index contributed by atoms with van der Waals surface area (Å²) in [6.07, 6.45) is 0. The number of rotatable bonds is 4. The molecule has 1 aromatic rings. The Labute approximate surface area is 101 Å². The first-order valence-electron chi connectivity index (χ1n) is 5.52. The van der Waals surface area contributed by atoms with Gasteiger partial charge in [0, 0.05) is 12.5 Å². The third-order valence-corrected chi connectivity index (χ3v) is 2.52. The molecule has 1 rings (SSSR count). The van der Waals surface area contributed by atoms with Gasteiger partial charge in [-0.3, -0.25) is 4.79 Å². The molecule has 0 fully saturated rings. The molecular formula is C13H17NO3. The third kappa shape index (κ3) is 3.59. The van der Waals surface area contributed by atoms with Crippen molar-refractivity contribution in [2.45, 2.75) is 27.3 Å². The average Bonchev–Trinajstić information content (AvgIpc) is 2.26. The highest BCUT2D eigenvalue weighted by Gasteiger charge is 2.09. The van der Waals surface area contributed by atoms with E-state index >= 15 is 0 Å². The van der Waals surface area contributed by atoms with Gasteiger partial charge < -0.3 is 10.4 Å². The molecule has 17 heavy (non-hydrogen) atoms. The predicted octanol–water partition coefficient (Wildman–Crippen LogP) is 1.97. The van der Waals surface area contributed by atoms with E-state index in [2.05, 4.69) is 5.32 Å². The molecule has 0 radical (unpaired) electrons. The fourth-order valence-electron chi connectivity index (χ4n) is 1.40. The van der Waals surface area contributed by atoms with E-state index in [0.29, 0.717) is 6.54 Å². The van der Waals surface area contributed by atoms with Crippen LogP contribution in [0.25, 0.3) is 0 Å². The number of benzene rings is 1. The number of aromatic carboxylic acids is 1. The minimum Gasteiger partial charge on any atom is -0.478 e. The molecule has 0 saturated carbocycles. The van der Waals surface area contributed by atoms with Crippen molar-refractivity contribution in [1.29, 1.82) is 0 Å². The third-order valence-electron chi connectivity index (χ3n) is 2.52. The Morgan fingerprint density at radius 3 is 2.53 bits per heavy atom. The zero-order valence-corrected chi connectivity index (χ0v) is 10.3. The molecule has 0 aliphatic heterocycles. The molecule has 0 saturated heterocycles. The van der Waals surface area contributed by atoms with Gasteiger partial charge in [0.25, 0.3) is 0 Å². The lowest BCUT2D eigenvalue weighted by molar-refractivity contribution is -0.124. The maximum absolute atomic E-state index is 11.4. The van der Waals surface area contributed by atoms with Gasteiger partial charge in [0.2, 0.25) is 5.91 Å². The molecule has 0 aliphatic rings. The van der Waals surface area contributed by atoms with Crippen LogP contribution in [-0.4, -0.2) is 17.0 Å². The number of aryl methyl sites for hydroxylation is 1. The number of amides is 1. The Kier molecular flexibility index (Phi) is 4.26. The Hall–Kier alpha value is -1.84. The highest BCUT2D eigenvalue weighted by molar-refractivity contribution is 5.89. The maximum Gasteiger partial charge on any atom is 0.335 e. The zero-order chi connectivity index (χ0) is 13.0.